The van der Waals surface area contributed by atoms with Gasteiger partial charge in [0, 0.05) is 4.90 Å². The first-order valence-corrected chi connectivity index (χ1v) is 5.43. The predicted octanol–water partition coefficient (Wildman–Crippen LogP) is 2.19. The summed E-state index contributed by atoms with van der Waals surface area (Å²) in [6, 6.07) is 5.67. The Morgan fingerprint density at radius 2 is 1.88 bits per heavy atom. The monoisotopic (exact) mass is 254 g/mol. The van der Waals surface area contributed by atoms with Gasteiger partial charge in [-0.1, -0.05) is 11.8 Å². The summed E-state index contributed by atoms with van der Waals surface area (Å²) < 4.78 is 26.1. The minimum Gasteiger partial charge on any atom is -0.292 e. The van der Waals surface area contributed by atoms with E-state index in [1.54, 1.807) is 0 Å². The number of halogens is 2. The van der Waals surface area contributed by atoms with Gasteiger partial charge in [-0.15, -0.1) is 0 Å². The molecule has 0 saturated carbocycles. The van der Waals surface area contributed by atoms with Crippen molar-refractivity contribution in [3.05, 3.63) is 42.1 Å². The number of rotatable bonds is 3. The maximum atomic E-state index is 13.4. The van der Waals surface area contributed by atoms with Gasteiger partial charge in [0.25, 0.3) is 0 Å². The third-order valence-corrected chi connectivity index (χ3v) is 2.86. The lowest BCUT2D eigenvalue weighted by Crippen LogP contribution is -2.11. The number of anilines is 1. The number of aromatic nitrogens is 2. The Morgan fingerprint density at radius 3 is 2.53 bits per heavy atom. The van der Waals surface area contributed by atoms with E-state index in [0.717, 1.165) is 18.0 Å². The highest BCUT2D eigenvalue weighted by molar-refractivity contribution is 7.99. The Hall–Kier alpha value is -1.73. The largest absolute Gasteiger partial charge is 0.292 e. The van der Waals surface area contributed by atoms with Crippen LogP contribution < -0.4 is 11.3 Å². The van der Waals surface area contributed by atoms with Gasteiger partial charge in [-0.2, -0.15) is 0 Å². The fourth-order valence-corrected chi connectivity index (χ4v) is 1.88. The van der Waals surface area contributed by atoms with Crippen molar-refractivity contribution in [2.45, 2.75) is 9.92 Å². The summed E-state index contributed by atoms with van der Waals surface area (Å²) in [5, 5.41) is 0.125. The minimum atomic E-state index is -0.557. The van der Waals surface area contributed by atoms with Crippen molar-refractivity contribution in [2.75, 3.05) is 5.43 Å². The molecule has 0 unspecified atom stereocenters. The average Bonchev–Trinajstić information content (AvgIpc) is 2.35. The standard InChI is InChI=1S/C10H8F2N4S/c11-6-1-3-7(4-2-6)17-9-8(12)5-14-10(15-9)16-13/h1-5H,13H2,(H,14,15,16). The minimum absolute atomic E-state index is 0.121. The number of benzene rings is 1. The van der Waals surface area contributed by atoms with Gasteiger partial charge in [-0.3, -0.25) is 5.43 Å². The lowest BCUT2D eigenvalue weighted by atomic mass is 10.4. The number of nitrogen functional groups attached to an aromatic ring is 1. The van der Waals surface area contributed by atoms with Crippen molar-refractivity contribution in [1.82, 2.24) is 9.97 Å². The van der Waals surface area contributed by atoms with E-state index in [4.69, 9.17) is 5.84 Å². The molecule has 2 rings (SSSR count). The SMILES string of the molecule is NNc1ncc(F)c(Sc2ccc(F)cc2)n1. The summed E-state index contributed by atoms with van der Waals surface area (Å²) in [6.07, 6.45) is 1.02. The lowest BCUT2D eigenvalue weighted by molar-refractivity contribution is 0.580. The number of hydrogen-bond donors (Lipinski definition) is 2. The molecule has 2 aromatic rings. The average molecular weight is 254 g/mol. The van der Waals surface area contributed by atoms with Gasteiger partial charge in [-0.25, -0.2) is 24.6 Å². The number of hydrogen-bond acceptors (Lipinski definition) is 5. The molecule has 7 heteroatoms. The maximum absolute atomic E-state index is 13.4. The van der Waals surface area contributed by atoms with Crippen LogP contribution in [0, 0.1) is 11.6 Å². The van der Waals surface area contributed by atoms with E-state index < -0.39 is 5.82 Å². The van der Waals surface area contributed by atoms with Crippen LogP contribution in [0.1, 0.15) is 0 Å². The Morgan fingerprint density at radius 1 is 1.18 bits per heavy atom. The third kappa shape index (κ3) is 2.89. The highest BCUT2D eigenvalue weighted by Crippen LogP contribution is 2.28. The highest BCUT2D eigenvalue weighted by atomic mass is 32.2. The molecular formula is C10H8F2N4S. The van der Waals surface area contributed by atoms with Crippen LogP contribution in [-0.4, -0.2) is 9.97 Å². The van der Waals surface area contributed by atoms with Gasteiger partial charge in [0.1, 0.15) is 10.8 Å². The van der Waals surface area contributed by atoms with E-state index in [0.29, 0.717) is 4.90 Å². The van der Waals surface area contributed by atoms with Crippen molar-refractivity contribution in [3.63, 3.8) is 0 Å². The molecule has 1 aromatic carbocycles. The van der Waals surface area contributed by atoms with Crippen molar-refractivity contribution in [3.8, 4) is 0 Å². The van der Waals surface area contributed by atoms with Crippen LogP contribution in [0.25, 0.3) is 0 Å². The van der Waals surface area contributed by atoms with Gasteiger partial charge in [0.15, 0.2) is 5.82 Å². The van der Waals surface area contributed by atoms with Crippen molar-refractivity contribution in [2.24, 2.45) is 5.84 Å². The smallest absolute Gasteiger partial charge is 0.238 e. The van der Waals surface area contributed by atoms with E-state index in [1.165, 1.54) is 24.3 Å². The number of hydrazine groups is 1. The number of nitrogens with zero attached hydrogens (tertiary/aromatic N) is 2. The molecule has 1 heterocycles. The molecular weight excluding hydrogens is 246 g/mol. The van der Waals surface area contributed by atoms with Gasteiger partial charge in [0.05, 0.1) is 6.20 Å². The second kappa shape index (κ2) is 5.07. The molecule has 0 bridgehead atoms. The molecule has 0 saturated heterocycles. The Kier molecular flexibility index (Phi) is 3.50. The third-order valence-electron chi connectivity index (χ3n) is 1.87. The highest BCUT2D eigenvalue weighted by Gasteiger charge is 2.08. The molecule has 0 amide bonds. The van der Waals surface area contributed by atoms with E-state index in [1.807, 2.05) is 0 Å². The summed E-state index contributed by atoms with van der Waals surface area (Å²) in [5.41, 5.74) is 2.23. The Labute approximate surface area is 100 Å². The lowest BCUT2D eigenvalue weighted by Gasteiger charge is -2.04. The van der Waals surface area contributed by atoms with Gasteiger partial charge in [-0.05, 0) is 24.3 Å². The van der Waals surface area contributed by atoms with Crippen LogP contribution in [0.5, 0.6) is 0 Å². The summed E-state index contributed by atoms with van der Waals surface area (Å²) in [4.78, 5) is 8.15. The molecule has 0 aliphatic carbocycles. The molecule has 88 valence electrons. The summed E-state index contributed by atoms with van der Waals surface area (Å²) in [7, 11) is 0. The van der Waals surface area contributed by atoms with Gasteiger partial charge < -0.3 is 0 Å². The molecule has 0 spiro atoms. The molecule has 1 aromatic heterocycles. The first-order valence-electron chi connectivity index (χ1n) is 4.61. The summed E-state index contributed by atoms with van der Waals surface area (Å²) in [6.45, 7) is 0. The van der Waals surface area contributed by atoms with Crippen molar-refractivity contribution < 1.29 is 8.78 Å². The fourth-order valence-electron chi connectivity index (χ4n) is 1.11. The Balaban J connectivity index is 2.25. The zero-order valence-electron chi connectivity index (χ0n) is 8.52. The first-order chi connectivity index (χ1) is 8.19. The van der Waals surface area contributed by atoms with E-state index in [9.17, 15) is 8.78 Å². The summed E-state index contributed by atoms with van der Waals surface area (Å²) in [5.74, 6) is 4.34. The van der Waals surface area contributed by atoms with Crippen LogP contribution >= 0.6 is 11.8 Å². The molecule has 17 heavy (non-hydrogen) atoms. The van der Waals surface area contributed by atoms with Crippen LogP contribution in [0.15, 0.2) is 40.4 Å². The molecule has 4 nitrogen and oxygen atoms in total. The quantitative estimate of drug-likeness (QED) is 0.499. The topological polar surface area (TPSA) is 63.8 Å². The van der Waals surface area contributed by atoms with E-state index in [2.05, 4.69) is 15.4 Å². The van der Waals surface area contributed by atoms with E-state index in [-0.39, 0.29) is 16.8 Å². The number of nitrogens with one attached hydrogen (secondary N) is 1. The van der Waals surface area contributed by atoms with Crippen LogP contribution in [0.3, 0.4) is 0 Å². The fraction of sp³-hybridized carbons (Fsp3) is 0. The zero-order valence-corrected chi connectivity index (χ0v) is 9.34. The van der Waals surface area contributed by atoms with Gasteiger partial charge in [0.2, 0.25) is 5.95 Å². The predicted molar refractivity (Wildman–Crippen MR) is 60.3 cm³/mol. The van der Waals surface area contributed by atoms with Crippen LogP contribution in [0.4, 0.5) is 14.7 Å². The molecule has 3 N–H and O–H groups in total. The van der Waals surface area contributed by atoms with E-state index >= 15 is 0 Å². The second-order valence-electron chi connectivity index (χ2n) is 3.05. The summed E-state index contributed by atoms with van der Waals surface area (Å²) >= 11 is 1.06. The number of nitrogens with two attached hydrogens (primary N) is 1. The Bertz CT molecular complexity index is 518. The van der Waals surface area contributed by atoms with Gasteiger partial charge >= 0.3 is 0 Å². The molecule has 0 radical (unpaired) electrons. The second-order valence-corrected chi connectivity index (χ2v) is 4.11. The van der Waals surface area contributed by atoms with Crippen molar-refractivity contribution in [1.29, 1.82) is 0 Å². The normalized spacial score (nSPS) is 10.3. The molecule has 0 aliphatic rings. The zero-order chi connectivity index (χ0) is 12.3. The van der Waals surface area contributed by atoms with Crippen LogP contribution in [0.2, 0.25) is 0 Å². The first kappa shape index (κ1) is 11.7. The maximum Gasteiger partial charge on any atom is 0.238 e. The van der Waals surface area contributed by atoms with Crippen LogP contribution in [-0.2, 0) is 0 Å². The van der Waals surface area contributed by atoms with Crippen molar-refractivity contribution >= 4 is 17.7 Å². The molecule has 0 fully saturated rings. The molecule has 0 aliphatic heterocycles. The molecule has 0 atom stereocenters.